The summed E-state index contributed by atoms with van der Waals surface area (Å²) in [6.07, 6.45) is 13.3. The molecule has 0 radical (unpaired) electrons. The topological polar surface area (TPSA) is 29.5 Å². The summed E-state index contributed by atoms with van der Waals surface area (Å²) < 4.78 is 6.69. The number of aliphatic hydroxyl groups is 1. The Morgan fingerprint density at radius 3 is 2.53 bits per heavy atom. The Labute approximate surface area is 199 Å². The zero-order chi connectivity index (χ0) is 23.9. The Balaban J connectivity index is 1.79. The van der Waals surface area contributed by atoms with E-state index in [-0.39, 0.29) is 11.1 Å². The number of allylic oxidation sites excluding steroid dienone is 4. The van der Waals surface area contributed by atoms with Gasteiger partial charge in [-0.05, 0) is 92.3 Å². The number of aliphatic hydroxyl groups excluding tert-OH is 1. The van der Waals surface area contributed by atoms with Crippen LogP contribution in [0.1, 0.15) is 86.0 Å². The van der Waals surface area contributed by atoms with Gasteiger partial charge in [-0.25, -0.2) is 0 Å². The summed E-state index contributed by atoms with van der Waals surface area (Å²) in [5, 5.41) is 10.9. The fourth-order valence-electron chi connectivity index (χ4n) is 6.21. The first-order chi connectivity index (χ1) is 14.8. The molecule has 1 N–H and O–H groups in total. The van der Waals surface area contributed by atoms with Crippen molar-refractivity contribution in [1.82, 2.24) is 0 Å². The predicted molar refractivity (Wildman–Crippen MR) is 140 cm³/mol. The van der Waals surface area contributed by atoms with Crippen LogP contribution in [0.5, 0.6) is 0 Å². The van der Waals surface area contributed by atoms with Gasteiger partial charge in [0.2, 0.25) is 0 Å². The lowest BCUT2D eigenvalue weighted by Gasteiger charge is -2.43. The van der Waals surface area contributed by atoms with Gasteiger partial charge in [0.15, 0.2) is 8.32 Å². The van der Waals surface area contributed by atoms with Crippen LogP contribution in [-0.4, -0.2) is 25.6 Å². The normalized spacial score (nSPS) is 36.6. The van der Waals surface area contributed by atoms with Crippen LogP contribution in [-0.2, 0) is 4.43 Å². The van der Waals surface area contributed by atoms with E-state index >= 15 is 0 Å². The maximum absolute atomic E-state index is 10.7. The van der Waals surface area contributed by atoms with E-state index in [1.54, 1.807) is 5.57 Å². The molecule has 0 aromatic heterocycles. The lowest BCUT2D eigenvalue weighted by atomic mass is 9.62. The van der Waals surface area contributed by atoms with Crippen molar-refractivity contribution in [1.29, 1.82) is 0 Å². The standard InChI is InChI=1S/C29H48O2Si/c1-10-20(2)24-15-16-25-23(12-11-17-29(24,25)7)14-13-22-18-26(30)21(3)27(19-22)31-32(8,9)28(4,5)6/h13-14,24-27,30H,2-3,10-12,15-19H2,1,4-9H3/b22-13+,23-14+/t24?,25?,26-,27-,29-/m1/s1. The van der Waals surface area contributed by atoms with Gasteiger partial charge in [0.05, 0.1) is 12.2 Å². The molecule has 2 nitrogen and oxygen atoms in total. The lowest BCUT2D eigenvalue weighted by molar-refractivity contribution is 0.128. The van der Waals surface area contributed by atoms with Crippen LogP contribution >= 0.6 is 0 Å². The van der Waals surface area contributed by atoms with Crippen molar-refractivity contribution in [3.8, 4) is 0 Å². The molecule has 0 heterocycles. The first kappa shape index (κ1) is 25.7. The maximum atomic E-state index is 10.7. The van der Waals surface area contributed by atoms with Crippen LogP contribution in [0.15, 0.2) is 47.6 Å². The van der Waals surface area contributed by atoms with Crippen molar-refractivity contribution in [3.63, 3.8) is 0 Å². The van der Waals surface area contributed by atoms with E-state index < -0.39 is 14.4 Å². The summed E-state index contributed by atoms with van der Waals surface area (Å²) in [5.74, 6) is 1.36. The average molecular weight is 457 g/mol. The Morgan fingerprint density at radius 2 is 1.91 bits per heavy atom. The summed E-state index contributed by atoms with van der Waals surface area (Å²) in [7, 11) is -1.92. The average Bonchev–Trinajstić information content (AvgIpc) is 3.05. The zero-order valence-electron chi connectivity index (χ0n) is 21.9. The molecule has 0 aromatic carbocycles. The fraction of sp³-hybridized carbons (Fsp3) is 0.724. The molecule has 3 rings (SSSR count). The molecule has 2 unspecified atom stereocenters. The van der Waals surface area contributed by atoms with Crippen LogP contribution in [0.25, 0.3) is 0 Å². The molecule has 32 heavy (non-hydrogen) atoms. The number of rotatable bonds is 5. The Kier molecular flexibility index (Phi) is 7.54. The molecule has 180 valence electrons. The highest BCUT2D eigenvalue weighted by Gasteiger charge is 2.49. The first-order valence-corrected chi connectivity index (χ1v) is 15.8. The molecule has 3 aliphatic carbocycles. The molecular formula is C29H48O2Si. The summed E-state index contributed by atoms with van der Waals surface area (Å²) in [6.45, 7) is 24.8. The van der Waals surface area contributed by atoms with Gasteiger partial charge in [-0.2, -0.15) is 0 Å². The molecule has 3 aliphatic rings. The Morgan fingerprint density at radius 1 is 1.22 bits per heavy atom. The minimum absolute atomic E-state index is 0.0651. The largest absolute Gasteiger partial charge is 0.410 e. The van der Waals surface area contributed by atoms with Crippen molar-refractivity contribution >= 4 is 8.32 Å². The zero-order valence-corrected chi connectivity index (χ0v) is 22.9. The monoisotopic (exact) mass is 456 g/mol. The van der Waals surface area contributed by atoms with E-state index in [1.165, 1.54) is 43.3 Å². The van der Waals surface area contributed by atoms with E-state index in [9.17, 15) is 5.11 Å². The van der Waals surface area contributed by atoms with Crippen LogP contribution in [0.2, 0.25) is 18.1 Å². The molecule has 0 aromatic rings. The van der Waals surface area contributed by atoms with Crippen molar-refractivity contribution in [2.75, 3.05) is 0 Å². The number of hydrogen-bond acceptors (Lipinski definition) is 2. The highest BCUT2D eigenvalue weighted by Crippen LogP contribution is 2.59. The smallest absolute Gasteiger partial charge is 0.192 e. The highest BCUT2D eigenvalue weighted by molar-refractivity contribution is 6.74. The van der Waals surface area contributed by atoms with Crippen molar-refractivity contribution in [3.05, 3.63) is 47.6 Å². The van der Waals surface area contributed by atoms with Gasteiger partial charge >= 0.3 is 0 Å². The maximum Gasteiger partial charge on any atom is 0.192 e. The first-order valence-electron chi connectivity index (χ1n) is 12.9. The molecule has 5 atom stereocenters. The van der Waals surface area contributed by atoms with E-state index in [4.69, 9.17) is 4.43 Å². The minimum atomic E-state index is -1.92. The second-order valence-electron chi connectivity index (χ2n) is 12.5. The summed E-state index contributed by atoms with van der Waals surface area (Å²) in [5.41, 5.74) is 5.62. The highest BCUT2D eigenvalue weighted by atomic mass is 28.4. The van der Waals surface area contributed by atoms with Gasteiger partial charge in [0.1, 0.15) is 0 Å². The van der Waals surface area contributed by atoms with Crippen molar-refractivity contribution in [2.45, 2.75) is 116 Å². The fourth-order valence-corrected chi connectivity index (χ4v) is 7.51. The molecule has 0 aliphatic heterocycles. The molecule has 0 spiro atoms. The second kappa shape index (κ2) is 9.39. The van der Waals surface area contributed by atoms with E-state index in [0.717, 1.165) is 18.4 Å². The third kappa shape index (κ3) is 4.95. The lowest BCUT2D eigenvalue weighted by Crippen LogP contribution is -2.46. The van der Waals surface area contributed by atoms with Crippen LogP contribution < -0.4 is 0 Å². The third-order valence-electron chi connectivity index (χ3n) is 9.43. The van der Waals surface area contributed by atoms with E-state index in [0.29, 0.717) is 23.7 Å². The van der Waals surface area contributed by atoms with Gasteiger partial charge in [0.25, 0.3) is 0 Å². The Hall–Kier alpha value is -0.903. The summed E-state index contributed by atoms with van der Waals surface area (Å²) in [4.78, 5) is 0. The SMILES string of the molecule is C=C(CC)C1CCC2/C(=C/C=C3\C[C@@H](O)C(=C)[C@H](O[Si](C)(C)C(C)(C)C)C3)CCC[C@]12C. The second-order valence-corrected chi connectivity index (χ2v) is 17.2. The van der Waals surface area contributed by atoms with Crippen LogP contribution in [0.4, 0.5) is 0 Å². The molecule has 3 fully saturated rings. The number of fused-ring (bicyclic) bond motifs is 1. The van der Waals surface area contributed by atoms with Crippen LogP contribution in [0.3, 0.4) is 0 Å². The number of hydrogen-bond donors (Lipinski definition) is 1. The molecule has 0 saturated heterocycles. The molecule has 0 amide bonds. The van der Waals surface area contributed by atoms with Crippen molar-refractivity contribution in [2.24, 2.45) is 17.3 Å². The van der Waals surface area contributed by atoms with Crippen LogP contribution in [0, 0.1) is 17.3 Å². The Bertz CT molecular complexity index is 796. The summed E-state index contributed by atoms with van der Waals surface area (Å²) >= 11 is 0. The van der Waals surface area contributed by atoms with Gasteiger partial charge in [0, 0.05) is 0 Å². The molecule has 3 heteroatoms. The van der Waals surface area contributed by atoms with E-state index in [2.05, 4.69) is 73.0 Å². The predicted octanol–water partition coefficient (Wildman–Crippen LogP) is 8.12. The van der Waals surface area contributed by atoms with Gasteiger partial charge in [-0.1, -0.05) is 76.6 Å². The molecule has 0 bridgehead atoms. The van der Waals surface area contributed by atoms with Gasteiger partial charge in [-0.3, -0.25) is 0 Å². The quantitative estimate of drug-likeness (QED) is 0.334. The van der Waals surface area contributed by atoms with E-state index in [1.807, 2.05) is 0 Å². The van der Waals surface area contributed by atoms with Crippen molar-refractivity contribution < 1.29 is 9.53 Å². The van der Waals surface area contributed by atoms with Gasteiger partial charge in [-0.15, -0.1) is 0 Å². The van der Waals surface area contributed by atoms with Gasteiger partial charge < -0.3 is 9.53 Å². The third-order valence-corrected chi connectivity index (χ3v) is 13.9. The summed E-state index contributed by atoms with van der Waals surface area (Å²) in [6, 6.07) is 0. The minimum Gasteiger partial charge on any atom is -0.410 e. The molecular weight excluding hydrogens is 408 g/mol. The molecule has 3 saturated carbocycles.